The van der Waals surface area contributed by atoms with Crippen LogP contribution in [0.2, 0.25) is 0 Å². The zero-order chi connectivity index (χ0) is 22.8. The van der Waals surface area contributed by atoms with Crippen molar-refractivity contribution in [3.63, 3.8) is 0 Å². The van der Waals surface area contributed by atoms with Gasteiger partial charge in [-0.2, -0.15) is 0 Å². The molecule has 1 amide bonds. The highest BCUT2D eigenvalue weighted by molar-refractivity contribution is 14.0. The van der Waals surface area contributed by atoms with E-state index in [9.17, 15) is 9.18 Å². The third kappa shape index (κ3) is 8.92. The van der Waals surface area contributed by atoms with Crippen LogP contribution in [0.1, 0.15) is 46.8 Å². The summed E-state index contributed by atoms with van der Waals surface area (Å²) < 4.78 is 18.8. The van der Waals surface area contributed by atoms with Gasteiger partial charge >= 0.3 is 0 Å². The Hall–Kier alpha value is -2.20. The van der Waals surface area contributed by atoms with Crippen molar-refractivity contribution < 1.29 is 13.9 Å². The SMILES string of the molecule is CCNC(=NCc1cccc(C(=O)NCC2CCCO2)c1)NCCc1ccc(F)cc1C.I. The van der Waals surface area contributed by atoms with Crippen LogP contribution in [0, 0.1) is 12.7 Å². The summed E-state index contributed by atoms with van der Waals surface area (Å²) in [6.45, 7) is 7.14. The first-order chi connectivity index (χ1) is 15.5. The van der Waals surface area contributed by atoms with Gasteiger partial charge < -0.3 is 20.7 Å². The van der Waals surface area contributed by atoms with E-state index in [2.05, 4.69) is 20.9 Å². The highest BCUT2D eigenvalue weighted by atomic mass is 127. The minimum atomic E-state index is -0.211. The summed E-state index contributed by atoms with van der Waals surface area (Å²) in [6, 6.07) is 12.4. The molecule has 1 atom stereocenters. The molecule has 1 saturated heterocycles. The van der Waals surface area contributed by atoms with Crippen molar-refractivity contribution in [1.82, 2.24) is 16.0 Å². The van der Waals surface area contributed by atoms with Crippen molar-refractivity contribution in [1.29, 1.82) is 0 Å². The predicted octanol–water partition coefficient (Wildman–Crippen LogP) is 3.96. The van der Waals surface area contributed by atoms with Gasteiger partial charge in [-0.25, -0.2) is 9.38 Å². The summed E-state index contributed by atoms with van der Waals surface area (Å²) in [7, 11) is 0. The first-order valence-electron chi connectivity index (χ1n) is 11.3. The zero-order valence-electron chi connectivity index (χ0n) is 19.3. The molecule has 33 heavy (non-hydrogen) atoms. The Kier molecular flexibility index (Phi) is 11.6. The number of ether oxygens (including phenoxy) is 1. The van der Waals surface area contributed by atoms with Gasteiger partial charge in [0.2, 0.25) is 0 Å². The van der Waals surface area contributed by atoms with E-state index in [1.807, 2.05) is 44.2 Å². The number of benzene rings is 2. The maximum Gasteiger partial charge on any atom is 0.251 e. The third-order valence-corrected chi connectivity index (χ3v) is 5.46. The Morgan fingerprint density at radius 2 is 2.03 bits per heavy atom. The van der Waals surface area contributed by atoms with Crippen LogP contribution in [0.3, 0.4) is 0 Å². The van der Waals surface area contributed by atoms with E-state index < -0.39 is 0 Å². The Labute approximate surface area is 212 Å². The van der Waals surface area contributed by atoms with Crippen LogP contribution in [0.4, 0.5) is 4.39 Å². The van der Waals surface area contributed by atoms with E-state index in [-0.39, 0.29) is 41.8 Å². The van der Waals surface area contributed by atoms with Crippen LogP contribution in [0.15, 0.2) is 47.5 Å². The van der Waals surface area contributed by atoms with E-state index in [1.165, 1.54) is 6.07 Å². The minimum Gasteiger partial charge on any atom is -0.376 e. The number of amides is 1. The van der Waals surface area contributed by atoms with Crippen LogP contribution in [0.5, 0.6) is 0 Å². The number of aryl methyl sites for hydroxylation is 1. The molecular formula is C25H34FIN4O2. The van der Waals surface area contributed by atoms with Crippen molar-refractivity contribution in [2.45, 2.75) is 45.8 Å². The number of rotatable bonds is 9. The van der Waals surface area contributed by atoms with Gasteiger partial charge in [-0.15, -0.1) is 24.0 Å². The second-order valence-corrected chi connectivity index (χ2v) is 7.99. The smallest absolute Gasteiger partial charge is 0.251 e. The van der Waals surface area contributed by atoms with E-state index >= 15 is 0 Å². The van der Waals surface area contributed by atoms with Crippen LogP contribution >= 0.6 is 24.0 Å². The van der Waals surface area contributed by atoms with Crippen molar-refractivity contribution >= 4 is 35.8 Å². The molecule has 0 spiro atoms. The summed E-state index contributed by atoms with van der Waals surface area (Å²) in [5.74, 6) is 0.406. The van der Waals surface area contributed by atoms with Gasteiger partial charge in [0.15, 0.2) is 5.96 Å². The molecule has 1 fully saturated rings. The summed E-state index contributed by atoms with van der Waals surface area (Å²) >= 11 is 0. The molecular weight excluding hydrogens is 534 g/mol. The quantitative estimate of drug-likeness (QED) is 0.243. The maximum atomic E-state index is 13.3. The number of aliphatic imine (C=N–C) groups is 1. The molecule has 3 N–H and O–H groups in total. The molecule has 0 bridgehead atoms. The average Bonchev–Trinajstić information content (AvgIpc) is 3.31. The largest absolute Gasteiger partial charge is 0.376 e. The molecule has 0 aliphatic carbocycles. The summed E-state index contributed by atoms with van der Waals surface area (Å²) in [6.07, 6.45) is 2.95. The van der Waals surface area contributed by atoms with E-state index in [0.717, 1.165) is 49.1 Å². The van der Waals surface area contributed by atoms with Gasteiger partial charge in [0.25, 0.3) is 5.91 Å². The molecule has 1 aliphatic rings. The monoisotopic (exact) mass is 568 g/mol. The number of halogens is 2. The summed E-state index contributed by atoms with van der Waals surface area (Å²) in [5.41, 5.74) is 3.64. The van der Waals surface area contributed by atoms with Crippen LogP contribution in [-0.2, 0) is 17.7 Å². The molecule has 180 valence electrons. The maximum absolute atomic E-state index is 13.3. The van der Waals surface area contributed by atoms with E-state index in [0.29, 0.717) is 31.2 Å². The molecule has 0 radical (unpaired) electrons. The number of hydrogen-bond donors (Lipinski definition) is 3. The molecule has 3 rings (SSSR count). The molecule has 1 unspecified atom stereocenters. The number of carbonyl (C=O) groups excluding carboxylic acids is 1. The lowest BCUT2D eigenvalue weighted by molar-refractivity contribution is 0.0857. The number of guanidine groups is 1. The molecule has 1 heterocycles. The first kappa shape index (κ1) is 27.0. The summed E-state index contributed by atoms with van der Waals surface area (Å²) in [4.78, 5) is 17.1. The summed E-state index contributed by atoms with van der Waals surface area (Å²) in [5, 5.41) is 9.52. The normalized spacial score (nSPS) is 15.6. The van der Waals surface area contributed by atoms with Crippen LogP contribution in [-0.4, -0.2) is 44.2 Å². The van der Waals surface area contributed by atoms with Gasteiger partial charge in [0.05, 0.1) is 12.6 Å². The molecule has 2 aromatic rings. The Morgan fingerprint density at radius 3 is 2.76 bits per heavy atom. The highest BCUT2D eigenvalue weighted by Gasteiger charge is 2.16. The molecule has 2 aromatic carbocycles. The molecule has 1 aliphatic heterocycles. The van der Waals surface area contributed by atoms with Gasteiger partial charge in [0, 0.05) is 31.8 Å². The number of nitrogens with zero attached hydrogens (tertiary/aromatic N) is 1. The first-order valence-corrected chi connectivity index (χ1v) is 11.3. The lowest BCUT2D eigenvalue weighted by Gasteiger charge is -2.13. The fraction of sp³-hybridized carbons (Fsp3) is 0.440. The second kappa shape index (κ2) is 14.1. The topological polar surface area (TPSA) is 74.8 Å². The minimum absolute atomic E-state index is 0. The number of nitrogens with one attached hydrogen (secondary N) is 3. The lowest BCUT2D eigenvalue weighted by atomic mass is 10.1. The van der Waals surface area contributed by atoms with Crippen molar-refractivity contribution in [3.8, 4) is 0 Å². The van der Waals surface area contributed by atoms with Crippen molar-refractivity contribution in [3.05, 3.63) is 70.5 Å². The van der Waals surface area contributed by atoms with Gasteiger partial charge in [0.1, 0.15) is 5.82 Å². The van der Waals surface area contributed by atoms with Gasteiger partial charge in [-0.05, 0) is 74.1 Å². The standard InChI is InChI=1S/C25H33FN4O2.HI/c1-3-27-25(28-12-11-20-9-10-22(26)14-18(20)2)30-16-19-6-4-7-21(15-19)24(31)29-17-23-8-5-13-32-23;/h4,6-7,9-10,14-15,23H,3,5,8,11-13,16-17H2,1-2H3,(H,29,31)(H2,27,28,30);1H. The lowest BCUT2D eigenvalue weighted by Crippen LogP contribution is -2.38. The second-order valence-electron chi connectivity index (χ2n) is 7.99. The van der Waals surface area contributed by atoms with Gasteiger partial charge in [-0.3, -0.25) is 4.79 Å². The van der Waals surface area contributed by atoms with Gasteiger partial charge in [-0.1, -0.05) is 18.2 Å². The van der Waals surface area contributed by atoms with Crippen molar-refractivity contribution in [2.24, 2.45) is 4.99 Å². The Balaban J connectivity index is 0.00000385. The Bertz CT molecular complexity index is 932. The number of hydrogen-bond acceptors (Lipinski definition) is 3. The van der Waals surface area contributed by atoms with Crippen molar-refractivity contribution in [2.75, 3.05) is 26.2 Å². The number of carbonyl (C=O) groups is 1. The Morgan fingerprint density at radius 1 is 1.18 bits per heavy atom. The van der Waals surface area contributed by atoms with E-state index in [4.69, 9.17) is 4.74 Å². The molecule has 0 aromatic heterocycles. The molecule has 8 heteroatoms. The fourth-order valence-electron chi connectivity index (χ4n) is 3.69. The molecule has 0 saturated carbocycles. The third-order valence-electron chi connectivity index (χ3n) is 5.46. The average molecular weight is 568 g/mol. The highest BCUT2D eigenvalue weighted by Crippen LogP contribution is 2.12. The molecule has 6 nitrogen and oxygen atoms in total. The predicted molar refractivity (Wildman–Crippen MR) is 141 cm³/mol. The zero-order valence-corrected chi connectivity index (χ0v) is 21.7. The van der Waals surface area contributed by atoms with Crippen LogP contribution in [0.25, 0.3) is 0 Å². The van der Waals surface area contributed by atoms with Crippen LogP contribution < -0.4 is 16.0 Å². The van der Waals surface area contributed by atoms with E-state index in [1.54, 1.807) is 6.07 Å². The fourth-order valence-corrected chi connectivity index (χ4v) is 3.69.